The van der Waals surface area contributed by atoms with Crippen molar-refractivity contribution in [2.24, 2.45) is 0 Å². The first-order valence-corrected chi connectivity index (χ1v) is 7.52. The van der Waals surface area contributed by atoms with E-state index in [0.717, 1.165) is 32.1 Å². The summed E-state index contributed by atoms with van der Waals surface area (Å²) in [7, 11) is 0. The molecule has 0 aromatic rings. The number of rotatable bonds is 6. The van der Waals surface area contributed by atoms with Crippen molar-refractivity contribution in [3.63, 3.8) is 0 Å². The Bertz CT molecular complexity index is 362. The third-order valence-corrected chi connectivity index (χ3v) is 4.55. The second-order valence-corrected chi connectivity index (χ2v) is 5.88. The Labute approximate surface area is 119 Å². The molecular weight excluding hydrogens is 260 g/mol. The Hall–Kier alpha value is -1.30. The van der Waals surface area contributed by atoms with Gasteiger partial charge in [0.1, 0.15) is 5.54 Å². The quantitative estimate of drug-likeness (QED) is 0.686. The molecule has 114 valence electrons. The van der Waals surface area contributed by atoms with Crippen LogP contribution >= 0.6 is 0 Å². The van der Waals surface area contributed by atoms with Crippen LogP contribution < -0.4 is 5.32 Å². The monoisotopic (exact) mass is 284 g/mol. The SMILES string of the molecule is O=C(NC1(C(=O)O)CCCC1)N(CCCO)C1CCC1. The van der Waals surface area contributed by atoms with Crippen LogP contribution in [0.3, 0.4) is 0 Å². The molecule has 6 heteroatoms. The molecule has 2 amide bonds. The number of carboxylic acid groups (broad SMARTS) is 1. The first-order valence-electron chi connectivity index (χ1n) is 7.52. The second-order valence-electron chi connectivity index (χ2n) is 5.88. The smallest absolute Gasteiger partial charge is 0.329 e. The summed E-state index contributed by atoms with van der Waals surface area (Å²) in [6, 6.07) is -0.0822. The molecule has 0 bridgehead atoms. The molecule has 0 radical (unpaired) electrons. The highest BCUT2D eigenvalue weighted by molar-refractivity contribution is 5.86. The van der Waals surface area contributed by atoms with E-state index in [0.29, 0.717) is 25.8 Å². The largest absolute Gasteiger partial charge is 0.480 e. The molecule has 2 rings (SSSR count). The van der Waals surface area contributed by atoms with Gasteiger partial charge in [-0.2, -0.15) is 0 Å². The number of aliphatic carboxylic acids is 1. The minimum atomic E-state index is -1.09. The summed E-state index contributed by atoms with van der Waals surface area (Å²) >= 11 is 0. The van der Waals surface area contributed by atoms with Gasteiger partial charge in [-0.15, -0.1) is 0 Å². The van der Waals surface area contributed by atoms with Crippen molar-refractivity contribution in [2.45, 2.75) is 62.9 Å². The van der Waals surface area contributed by atoms with Gasteiger partial charge in [-0.1, -0.05) is 12.8 Å². The molecule has 0 heterocycles. The Morgan fingerprint density at radius 1 is 1.20 bits per heavy atom. The summed E-state index contributed by atoms with van der Waals surface area (Å²) in [4.78, 5) is 25.6. The molecule has 2 aliphatic rings. The zero-order chi connectivity index (χ0) is 14.6. The van der Waals surface area contributed by atoms with Gasteiger partial charge >= 0.3 is 12.0 Å². The molecular formula is C14H24N2O4. The molecule has 20 heavy (non-hydrogen) atoms. The van der Waals surface area contributed by atoms with E-state index < -0.39 is 11.5 Å². The van der Waals surface area contributed by atoms with Crippen molar-refractivity contribution in [2.75, 3.05) is 13.2 Å². The first kappa shape index (κ1) is 15.1. The number of amides is 2. The van der Waals surface area contributed by atoms with Crippen molar-refractivity contribution >= 4 is 12.0 Å². The number of nitrogens with zero attached hydrogens (tertiary/aromatic N) is 1. The molecule has 0 unspecified atom stereocenters. The number of aliphatic hydroxyl groups is 1. The van der Waals surface area contributed by atoms with Crippen molar-refractivity contribution in [3.8, 4) is 0 Å². The summed E-state index contributed by atoms with van der Waals surface area (Å²) in [6.45, 7) is 0.531. The van der Waals surface area contributed by atoms with E-state index in [1.54, 1.807) is 4.90 Å². The van der Waals surface area contributed by atoms with Crippen LogP contribution in [-0.2, 0) is 4.79 Å². The van der Waals surface area contributed by atoms with Gasteiger partial charge in [0.15, 0.2) is 0 Å². The molecule has 0 aromatic heterocycles. The van der Waals surface area contributed by atoms with Crippen molar-refractivity contribution in [1.29, 1.82) is 0 Å². The molecule has 0 saturated heterocycles. The lowest BCUT2D eigenvalue weighted by Crippen LogP contribution is -2.59. The maximum absolute atomic E-state index is 12.4. The summed E-state index contributed by atoms with van der Waals surface area (Å²) in [5.41, 5.74) is -1.09. The van der Waals surface area contributed by atoms with Gasteiger partial charge in [-0.25, -0.2) is 9.59 Å². The van der Waals surface area contributed by atoms with Gasteiger partial charge in [0, 0.05) is 19.2 Å². The van der Waals surface area contributed by atoms with Crippen LogP contribution in [0.1, 0.15) is 51.4 Å². The molecule has 0 aliphatic heterocycles. The lowest BCUT2D eigenvalue weighted by atomic mass is 9.91. The summed E-state index contributed by atoms with van der Waals surface area (Å²) in [6.07, 6.45) is 6.28. The minimum absolute atomic E-state index is 0.0422. The summed E-state index contributed by atoms with van der Waals surface area (Å²) < 4.78 is 0. The number of carbonyl (C=O) groups excluding carboxylic acids is 1. The van der Waals surface area contributed by atoms with E-state index in [2.05, 4.69) is 5.32 Å². The molecule has 0 aromatic carbocycles. The van der Waals surface area contributed by atoms with Crippen LogP contribution in [0.2, 0.25) is 0 Å². The van der Waals surface area contributed by atoms with E-state index in [4.69, 9.17) is 5.11 Å². The highest BCUT2D eigenvalue weighted by Gasteiger charge is 2.44. The van der Waals surface area contributed by atoms with Crippen LogP contribution in [0.25, 0.3) is 0 Å². The Kier molecular flexibility index (Phi) is 4.86. The number of carbonyl (C=O) groups is 2. The molecule has 0 spiro atoms. The van der Waals surface area contributed by atoms with E-state index in [1.807, 2.05) is 0 Å². The van der Waals surface area contributed by atoms with Crippen molar-refractivity contribution < 1.29 is 19.8 Å². The number of hydrogen-bond donors (Lipinski definition) is 3. The predicted molar refractivity (Wildman–Crippen MR) is 73.4 cm³/mol. The fourth-order valence-electron chi connectivity index (χ4n) is 3.04. The first-order chi connectivity index (χ1) is 9.59. The third-order valence-electron chi connectivity index (χ3n) is 4.55. The normalized spacial score (nSPS) is 21.2. The lowest BCUT2D eigenvalue weighted by molar-refractivity contribution is -0.144. The zero-order valence-corrected chi connectivity index (χ0v) is 11.8. The van der Waals surface area contributed by atoms with Gasteiger partial charge in [0.25, 0.3) is 0 Å². The fourth-order valence-corrected chi connectivity index (χ4v) is 3.04. The summed E-state index contributed by atoms with van der Waals surface area (Å²) in [5.74, 6) is -0.931. The number of aliphatic hydroxyl groups excluding tert-OH is 1. The molecule has 2 fully saturated rings. The minimum Gasteiger partial charge on any atom is -0.480 e. The average Bonchev–Trinajstić information content (AvgIpc) is 2.81. The van der Waals surface area contributed by atoms with Crippen LogP contribution in [0.4, 0.5) is 4.79 Å². The second kappa shape index (κ2) is 6.43. The number of carboxylic acids is 1. The van der Waals surface area contributed by atoms with Gasteiger partial charge in [0.05, 0.1) is 0 Å². The Morgan fingerprint density at radius 3 is 2.30 bits per heavy atom. The highest BCUT2D eigenvalue weighted by atomic mass is 16.4. The van der Waals surface area contributed by atoms with Crippen molar-refractivity contribution in [1.82, 2.24) is 10.2 Å². The van der Waals surface area contributed by atoms with Gasteiger partial charge in [-0.3, -0.25) is 0 Å². The maximum atomic E-state index is 12.4. The number of hydrogen-bond acceptors (Lipinski definition) is 3. The van der Waals surface area contributed by atoms with Gasteiger partial charge < -0.3 is 20.4 Å². The third kappa shape index (κ3) is 3.06. The van der Waals surface area contributed by atoms with Crippen molar-refractivity contribution in [3.05, 3.63) is 0 Å². The van der Waals surface area contributed by atoms with Crippen LogP contribution in [0, 0.1) is 0 Å². The lowest BCUT2D eigenvalue weighted by Gasteiger charge is -2.39. The fraction of sp³-hybridized carbons (Fsp3) is 0.857. The van der Waals surface area contributed by atoms with Gasteiger partial charge in [0.2, 0.25) is 0 Å². The standard InChI is InChI=1S/C14H24N2O4/c17-10-4-9-16(11-5-3-6-11)13(20)15-14(12(18)19)7-1-2-8-14/h11,17H,1-10H2,(H,15,20)(H,18,19). The Morgan fingerprint density at radius 2 is 1.85 bits per heavy atom. The van der Waals surface area contributed by atoms with Crippen LogP contribution in [-0.4, -0.2) is 51.8 Å². The molecule has 6 nitrogen and oxygen atoms in total. The van der Waals surface area contributed by atoms with E-state index in [9.17, 15) is 14.7 Å². The number of nitrogens with one attached hydrogen (secondary N) is 1. The molecule has 0 atom stereocenters. The maximum Gasteiger partial charge on any atom is 0.329 e. The van der Waals surface area contributed by atoms with E-state index in [1.165, 1.54) is 0 Å². The number of urea groups is 1. The van der Waals surface area contributed by atoms with Crippen LogP contribution in [0.5, 0.6) is 0 Å². The molecule has 2 saturated carbocycles. The topological polar surface area (TPSA) is 89.9 Å². The van der Waals surface area contributed by atoms with E-state index in [-0.39, 0.29) is 18.7 Å². The average molecular weight is 284 g/mol. The summed E-state index contributed by atoms with van der Waals surface area (Å²) in [5, 5.41) is 21.1. The molecule has 2 aliphatic carbocycles. The zero-order valence-electron chi connectivity index (χ0n) is 11.8. The van der Waals surface area contributed by atoms with E-state index >= 15 is 0 Å². The molecule has 3 N–H and O–H groups in total. The Balaban J connectivity index is 2.01. The highest BCUT2D eigenvalue weighted by Crippen LogP contribution is 2.31. The predicted octanol–water partition coefficient (Wildman–Crippen LogP) is 1.33. The van der Waals surface area contributed by atoms with Gasteiger partial charge in [-0.05, 0) is 38.5 Å². The van der Waals surface area contributed by atoms with Crippen LogP contribution in [0.15, 0.2) is 0 Å².